The minimum absolute atomic E-state index is 0.171. The van der Waals surface area contributed by atoms with Crippen molar-refractivity contribution in [3.8, 4) is 11.4 Å². The first kappa shape index (κ1) is 21.2. The zero-order valence-corrected chi connectivity index (χ0v) is 17.5. The number of carbonyl (C=O) groups excluding carboxylic acids is 1. The summed E-state index contributed by atoms with van der Waals surface area (Å²) in [5.74, 6) is -0.316. The number of aryl methyl sites for hydroxylation is 3. The van der Waals surface area contributed by atoms with Crippen LogP contribution in [-0.2, 0) is 0 Å². The van der Waals surface area contributed by atoms with Gasteiger partial charge in [-0.1, -0.05) is 18.2 Å². The Morgan fingerprint density at radius 3 is 2.43 bits per heavy atom. The molecule has 0 saturated carbocycles. The van der Waals surface area contributed by atoms with Crippen LogP contribution in [0.3, 0.4) is 0 Å². The Balaban J connectivity index is 1.76. The average Bonchev–Trinajstić information content (AvgIpc) is 2.67. The molecule has 6 nitrogen and oxygen atoms in total. The second kappa shape index (κ2) is 8.90. The fourth-order valence-electron chi connectivity index (χ4n) is 3.16. The number of nitrogens with zero attached hydrogens (tertiary/aromatic N) is 3. The number of aromatic nitrogens is 2. The third kappa shape index (κ3) is 4.74. The van der Waals surface area contributed by atoms with Crippen LogP contribution in [0.15, 0.2) is 53.3 Å². The molecule has 0 aliphatic heterocycles. The van der Waals surface area contributed by atoms with E-state index in [2.05, 4.69) is 5.10 Å². The average molecular weight is 409 g/mol. The molecule has 0 fully saturated rings. The standard InChI is InChI=1S/C23H24FN3O3/c1-15-11-16(2)13-18(12-15)30-10-9-26(4)23(29)22-21(28)14-17(3)27(25-22)20-8-6-5-7-19(20)24/h5-8,11-14H,9-10H2,1-4H3. The zero-order chi connectivity index (χ0) is 21.8. The third-order valence-corrected chi connectivity index (χ3v) is 4.63. The van der Waals surface area contributed by atoms with Gasteiger partial charge in [0.05, 0.1) is 6.54 Å². The van der Waals surface area contributed by atoms with Crippen LogP contribution in [0.25, 0.3) is 5.69 Å². The number of likely N-dealkylation sites (N-methyl/N-ethyl adjacent to an activating group) is 1. The van der Waals surface area contributed by atoms with Crippen LogP contribution in [0, 0.1) is 26.6 Å². The molecule has 0 spiro atoms. The summed E-state index contributed by atoms with van der Waals surface area (Å²) in [5, 5.41) is 4.15. The molecule has 0 unspecified atom stereocenters. The van der Waals surface area contributed by atoms with E-state index in [1.807, 2.05) is 32.0 Å². The molecule has 0 N–H and O–H groups in total. The number of hydrogen-bond acceptors (Lipinski definition) is 4. The minimum atomic E-state index is -0.547. The van der Waals surface area contributed by atoms with Crippen LogP contribution < -0.4 is 10.2 Å². The van der Waals surface area contributed by atoms with Crippen molar-refractivity contribution < 1.29 is 13.9 Å². The van der Waals surface area contributed by atoms with Gasteiger partial charge in [-0.25, -0.2) is 9.07 Å². The van der Waals surface area contributed by atoms with Gasteiger partial charge in [-0.05, 0) is 56.2 Å². The number of ether oxygens (including phenoxy) is 1. The lowest BCUT2D eigenvalue weighted by Crippen LogP contribution is -2.36. The highest BCUT2D eigenvalue weighted by molar-refractivity contribution is 5.91. The van der Waals surface area contributed by atoms with E-state index in [0.717, 1.165) is 16.9 Å². The quantitative estimate of drug-likeness (QED) is 0.626. The highest BCUT2D eigenvalue weighted by Crippen LogP contribution is 2.16. The number of carbonyl (C=O) groups is 1. The molecule has 0 saturated heterocycles. The molecule has 1 amide bonds. The van der Waals surface area contributed by atoms with Crippen molar-refractivity contribution in [3.63, 3.8) is 0 Å². The van der Waals surface area contributed by atoms with E-state index in [1.165, 1.54) is 27.8 Å². The maximum Gasteiger partial charge on any atom is 0.278 e. The summed E-state index contributed by atoms with van der Waals surface area (Å²) in [6.07, 6.45) is 0. The maximum atomic E-state index is 14.2. The Bertz CT molecular complexity index is 1120. The second-order valence-corrected chi connectivity index (χ2v) is 7.26. The lowest BCUT2D eigenvalue weighted by molar-refractivity contribution is 0.0764. The van der Waals surface area contributed by atoms with Crippen molar-refractivity contribution in [3.05, 3.63) is 87.1 Å². The fourth-order valence-corrected chi connectivity index (χ4v) is 3.16. The molecule has 3 rings (SSSR count). The first-order valence-electron chi connectivity index (χ1n) is 9.58. The molecule has 0 aliphatic rings. The smallest absolute Gasteiger partial charge is 0.278 e. The third-order valence-electron chi connectivity index (χ3n) is 4.63. The number of amides is 1. The summed E-state index contributed by atoms with van der Waals surface area (Å²) in [6.45, 7) is 6.13. The minimum Gasteiger partial charge on any atom is -0.492 e. The molecule has 0 radical (unpaired) electrons. The van der Waals surface area contributed by atoms with Crippen molar-refractivity contribution in [1.82, 2.24) is 14.7 Å². The van der Waals surface area contributed by atoms with E-state index < -0.39 is 17.2 Å². The molecule has 156 valence electrons. The Morgan fingerprint density at radius 2 is 1.77 bits per heavy atom. The molecule has 7 heteroatoms. The van der Waals surface area contributed by atoms with Crippen molar-refractivity contribution in [2.24, 2.45) is 0 Å². The van der Waals surface area contributed by atoms with E-state index in [-0.39, 0.29) is 24.5 Å². The summed E-state index contributed by atoms with van der Waals surface area (Å²) in [7, 11) is 1.57. The van der Waals surface area contributed by atoms with E-state index in [0.29, 0.717) is 5.69 Å². The van der Waals surface area contributed by atoms with Crippen LogP contribution in [0.5, 0.6) is 5.75 Å². The molecule has 0 atom stereocenters. The summed E-state index contributed by atoms with van der Waals surface area (Å²) in [6, 6.07) is 13.2. The molecule has 0 bridgehead atoms. The van der Waals surface area contributed by atoms with Gasteiger partial charge in [-0.15, -0.1) is 0 Å². The van der Waals surface area contributed by atoms with Gasteiger partial charge >= 0.3 is 0 Å². The van der Waals surface area contributed by atoms with Gasteiger partial charge in [-0.3, -0.25) is 9.59 Å². The second-order valence-electron chi connectivity index (χ2n) is 7.26. The summed E-state index contributed by atoms with van der Waals surface area (Å²) >= 11 is 0. The maximum absolute atomic E-state index is 14.2. The normalized spacial score (nSPS) is 10.7. The molecular formula is C23H24FN3O3. The lowest BCUT2D eigenvalue weighted by Gasteiger charge is -2.18. The Kier molecular flexibility index (Phi) is 6.30. The van der Waals surface area contributed by atoms with Crippen molar-refractivity contribution in [1.29, 1.82) is 0 Å². The Hall–Kier alpha value is -3.48. The molecule has 2 aromatic carbocycles. The SMILES string of the molecule is Cc1cc(C)cc(OCCN(C)C(=O)c2nn(-c3ccccc3F)c(C)cc2=O)c1. The molecular weight excluding hydrogens is 385 g/mol. The Morgan fingerprint density at radius 1 is 1.10 bits per heavy atom. The lowest BCUT2D eigenvalue weighted by atomic mass is 10.1. The largest absolute Gasteiger partial charge is 0.492 e. The van der Waals surface area contributed by atoms with Crippen molar-refractivity contribution >= 4 is 5.91 Å². The highest BCUT2D eigenvalue weighted by Gasteiger charge is 2.20. The predicted molar refractivity (Wildman–Crippen MR) is 113 cm³/mol. The van der Waals surface area contributed by atoms with Gasteiger partial charge in [0.15, 0.2) is 5.69 Å². The molecule has 30 heavy (non-hydrogen) atoms. The highest BCUT2D eigenvalue weighted by atomic mass is 19.1. The Labute approximate surface area is 174 Å². The topological polar surface area (TPSA) is 64.4 Å². The summed E-state index contributed by atoms with van der Waals surface area (Å²) < 4.78 is 21.2. The summed E-state index contributed by atoms with van der Waals surface area (Å²) in [5.41, 5.74) is 2.01. The fraction of sp³-hybridized carbons (Fsp3) is 0.261. The number of benzene rings is 2. The van der Waals surface area contributed by atoms with Crippen LogP contribution >= 0.6 is 0 Å². The van der Waals surface area contributed by atoms with Gasteiger partial charge in [0.1, 0.15) is 23.9 Å². The van der Waals surface area contributed by atoms with Crippen molar-refractivity contribution in [2.45, 2.75) is 20.8 Å². The van der Waals surface area contributed by atoms with Crippen LogP contribution in [0.4, 0.5) is 4.39 Å². The number of hydrogen-bond donors (Lipinski definition) is 0. The number of para-hydroxylation sites is 1. The number of rotatable bonds is 6. The van der Waals surface area contributed by atoms with Crippen LogP contribution in [0.1, 0.15) is 27.3 Å². The summed E-state index contributed by atoms with van der Waals surface area (Å²) in [4.78, 5) is 26.5. The van der Waals surface area contributed by atoms with E-state index >= 15 is 0 Å². The number of halogens is 1. The van der Waals surface area contributed by atoms with Gasteiger partial charge in [0.2, 0.25) is 5.43 Å². The first-order valence-corrected chi connectivity index (χ1v) is 9.58. The van der Waals surface area contributed by atoms with Gasteiger partial charge in [0.25, 0.3) is 5.91 Å². The molecule has 1 aromatic heterocycles. The van der Waals surface area contributed by atoms with Crippen LogP contribution in [0.2, 0.25) is 0 Å². The first-order chi connectivity index (χ1) is 14.3. The van der Waals surface area contributed by atoms with Gasteiger partial charge in [0, 0.05) is 18.8 Å². The van der Waals surface area contributed by atoms with E-state index in [4.69, 9.17) is 4.74 Å². The van der Waals surface area contributed by atoms with E-state index in [9.17, 15) is 14.0 Å². The van der Waals surface area contributed by atoms with E-state index in [1.54, 1.807) is 26.1 Å². The zero-order valence-electron chi connectivity index (χ0n) is 17.5. The monoisotopic (exact) mass is 409 g/mol. The van der Waals surface area contributed by atoms with Gasteiger partial charge < -0.3 is 9.64 Å². The molecule has 0 aliphatic carbocycles. The predicted octanol–water partition coefficient (Wildman–Crippen LogP) is 3.45. The molecule has 1 heterocycles. The molecule has 3 aromatic rings. The van der Waals surface area contributed by atoms with Gasteiger partial charge in [-0.2, -0.15) is 5.10 Å². The van der Waals surface area contributed by atoms with Crippen LogP contribution in [-0.4, -0.2) is 40.8 Å². The van der Waals surface area contributed by atoms with Crippen molar-refractivity contribution in [2.75, 3.05) is 20.2 Å².